The number of rotatable bonds is 6. The minimum absolute atomic E-state index is 0.0110. The van der Waals surface area contributed by atoms with E-state index in [0.29, 0.717) is 5.69 Å². The van der Waals surface area contributed by atoms with E-state index >= 15 is 0 Å². The molecule has 0 aromatic heterocycles. The molecule has 0 bridgehead atoms. The summed E-state index contributed by atoms with van der Waals surface area (Å²) < 4.78 is 5.05. The van der Waals surface area contributed by atoms with E-state index in [4.69, 9.17) is 4.74 Å². The molecule has 0 saturated heterocycles. The fourth-order valence-electron chi connectivity index (χ4n) is 2.30. The molecule has 0 aliphatic carbocycles. The molecule has 0 atom stereocenters. The number of ether oxygens (including phenoxy) is 1. The number of hydrogen-bond acceptors (Lipinski definition) is 3. The summed E-state index contributed by atoms with van der Waals surface area (Å²) in [6.45, 7) is 7.35. The van der Waals surface area contributed by atoms with Crippen LogP contribution in [-0.2, 0) is 16.0 Å². The van der Waals surface area contributed by atoms with Gasteiger partial charge in [0.25, 0.3) is 0 Å². The maximum Gasteiger partial charge on any atom is 0.411 e. The van der Waals surface area contributed by atoms with Gasteiger partial charge in [0.15, 0.2) is 0 Å². The highest BCUT2D eigenvalue weighted by molar-refractivity contribution is 5.92. The molecule has 2 rings (SSSR count). The van der Waals surface area contributed by atoms with Crippen LogP contribution in [0.2, 0.25) is 0 Å². The summed E-state index contributed by atoms with van der Waals surface area (Å²) in [6, 6.07) is 15.5. The number of nitrogens with one attached hydrogen (secondary N) is 2. The number of amides is 2. The highest BCUT2D eigenvalue weighted by atomic mass is 16.6. The van der Waals surface area contributed by atoms with E-state index in [-0.39, 0.29) is 17.9 Å². The zero-order valence-electron chi connectivity index (χ0n) is 15.7. The fraction of sp³-hybridized carbons (Fsp3) is 0.333. The first-order chi connectivity index (χ1) is 12.3. The van der Waals surface area contributed by atoms with Crippen LogP contribution >= 0.6 is 0 Å². The Morgan fingerprint density at radius 3 is 1.69 bits per heavy atom. The van der Waals surface area contributed by atoms with Crippen molar-refractivity contribution >= 4 is 23.4 Å². The third-order valence-corrected chi connectivity index (χ3v) is 3.70. The zero-order chi connectivity index (χ0) is 19.1. The van der Waals surface area contributed by atoms with Crippen LogP contribution in [0.15, 0.2) is 48.5 Å². The SMILES string of the molecule is CC(C)OC(=O)Nc1ccc(Cc2ccc(NC(=O)C(C)C)cc2)cc1. The molecule has 5 heteroatoms. The first-order valence-electron chi connectivity index (χ1n) is 8.80. The molecule has 2 amide bonds. The second kappa shape index (κ2) is 9.04. The van der Waals surface area contributed by atoms with Crippen molar-refractivity contribution in [3.05, 3.63) is 59.7 Å². The van der Waals surface area contributed by atoms with Crippen molar-refractivity contribution < 1.29 is 14.3 Å². The molecular formula is C21H26N2O3. The first kappa shape index (κ1) is 19.5. The average molecular weight is 354 g/mol. The van der Waals surface area contributed by atoms with Gasteiger partial charge in [0, 0.05) is 17.3 Å². The average Bonchev–Trinajstić information content (AvgIpc) is 2.57. The maximum absolute atomic E-state index is 11.7. The van der Waals surface area contributed by atoms with Gasteiger partial charge in [-0.05, 0) is 55.7 Å². The Hall–Kier alpha value is -2.82. The predicted octanol–water partition coefficient (Wildman–Crippen LogP) is 4.83. The van der Waals surface area contributed by atoms with E-state index in [1.807, 2.05) is 76.2 Å². The summed E-state index contributed by atoms with van der Waals surface area (Å²) in [6.07, 6.45) is 0.170. The quantitative estimate of drug-likeness (QED) is 0.781. The van der Waals surface area contributed by atoms with Crippen LogP contribution in [0.1, 0.15) is 38.8 Å². The standard InChI is InChI=1S/C21H26N2O3/c1-14(2)20(24)22-18-9-5-16(6-10-18)13-17-7-11-19(12-8-17)23-21(25)26-15(3)4/h5-12,14-15H,13H2,1-4H3,(H,22,24)(H,23,25). The first-order valence-corrected chi connectivity index (χ1v) is 8.80. The Balaban J connectivity index is 1.92. The Labute approximate surface area is 154 Å². The molecule has 138 valence electrons. The Morgan fingerprint density at radius 2 is 1.27 bits per heavy atom. The second-order valence-electron chi connectivity index (χ2n) is 6.79. The fourth-order valence-corrected chi connectivity index (χ4v) is 2.30. The maximum atomic E-state index is 11.7. The highest BCUT2D eigenvalue weighted by Crippen LogP contribution is 2.16. The third-order valence-electron chi connectivity index (χ3n) is 3.70. The van der Waals surface area contributed by atoms with Crippen molar-refractivity contribution in [3.63, 3.8) is 0 Å². The molecule has 0 saturated carbocycles. The van der Waals surface area contributed by atoms with Crippen LogP contribution in [0.4, 0.5) is 16.2 Å². The predicted molar refractivity (Wildman–Crippen MR) is 104 cm³/mol. The summed E-state index contributed by atoms with van der Waals surface area (Å²) in [7, 11) is 0. The van der Waals surface area contributed by atoms with Crippen LogP contribution in [0.5, 0.6) is 0 Å². The van der Waals surface area contributed by atoms with Gasteiger partial charge in [0.2, 0.25) is 5.91 Å². The van der Waals surface area contributed by atoms with E-state index in [9.17, 15) is 9.59 Å². The number of hydrogen-bond donors (Lipinski definition) is 2. The molecule has 0 aliphatic rings. The van der Waals surface area contributed by atoms with Crippen LogP contribution in [-0.4, -0.2) is 18.1 Å². The molecule has 0 unspecified atom stereocenters. The van der Waals surface area contributed by atoms with Gasteiger partial charge in [-0.2, -0.15) is 0 Å². The van der Waals surface area contributed by atoms with E-state index < -0.39 is 6.09 Å². The lowest BCUT2D eigenvalue weighted by Gasteiger charge is -2.10. The third kappa shape index (κ3) is 6.24. The molecule has 26 heavy (non-hydrogen) atoms. The van der Waals surface area contributed by atoms with Gasteiger partial charge in [-0.3, -0.25) is 10.1 Å². The van der Waals surface area contributed by atoms with Gasteiger partial charge in [-0.25, -0.2) is 4.79 Å². The van der Waals surface area contributed by atoms with Crippen LogP contribution < -0.4 is 10.6 Å². The lowest BCUT2D eigenvalue weighted by molar-refractivity contribution is -0.118. The molecule has 0 heterocycles. The summed E-state index contributed by atoms with van der Waals surface area (Å²) in [5, 5.41) is 5.58. The van der Waals surface area contributed by atoms with Crippen molar-refractivity contribution in [2.75, 3.05) is 10.6 Å². The number of carbonyl (C=O) groups excluding carboxylic acids is 2. The van der Waals surface area contributed by atoms with Gasteiger partial charge in [0.05, 0.1) is 6.10 Å². The monoisotopic (exact) mass is 354 g/mol. The van der Waals surface area contributed by atoms with Gasteiger partial charge >= 0.3 is 6.09 Å². The lowest BCUT2D eigenvalue weighted by Crippen LogP contribution is -2.17. The van der Waals surface area contributed by atoms with Crippen LogP contribution in [0.3, 0.4) is 0 Å². The molecule has 5 nitrogen and oxygen atoms in total. The van der Waals surface area contributed by atoms with E-state index in [1.54, 1.807) is 0 Å². The van der Waals surface area contributed by atoms with Crippen molar-refractivity contribution in [1.29, 1.82) is 0 Å². The topological polar surface area (TPSA) is 67.4 Å². The highest BCUT2D eigenvalue weighted by Gasteiger charge is 2.07. The summed E-state index contributed by atoms with van der Waals surface area (Å²) in [5.41, 5.74) is 3.78. The van der Waals surface area contributed by atoms with Crippen molar-refractivity contribution in [2.45, 2.75) is 40.2 Å². The molecule has 0 aliphatic heterocycles. The minimum Gasteiger partial charge on any atom is -0.447 e. The summed E-state index contributed by atoms with van der Waals surface area (Å²) in [4.78, 5) is 23.3. The van der Waals surface area contributed by atoms with Gasteiger partial charge in [0.1, 0.15) is 0 Å². The van der Waals surface area contributed by atoms with Crippen LogP contribution in [0, 0.1) is 5.92 Å². The van der Waals surface area contributed by atoms with Crippen LogP contribution in [0.25, 0.3) is 0 Å². The summed E-state index contributed by atoms with van der Waals surface area (Å²) >= 11 is 0. The lowest BCUT2D eigenvalue weighted by atomic mass is 10.0. The number of benzene rings is 2. The van der Waals surface area contributed by atoms with Gasteiger partial charge < -0.3 is 10.1 Å². The molecular weight excluding hydrogens is 328 g/mol. The molecule has 2 N–H and O–H groups in total. The molecule has 0 spiro atoms. The van der Waals surface area contributed by atoms with Gasteiger partial charge in [-0.1, -0.05) is 38.1 Å². The Bertz CT molecular complexity index is 735. The molecule has 2 aromatic carbocycles. The second-order valence-corrected chi connectivity index (χ2v) is 6.79. The summed E-state index contributed by atoms with van der Waals surface area (Å²) in [5.74, 6) is -0.0311. The number of carbonyl (C=O) groups is 2. The molecule has 0 radical (unpaired) electrons. The van der Waals surface area contributed by atoms with E-state index in [1.165, 1.54) is 0 Å². The number of anilines is 2. The zero-order valence-corrected chi connectivity index (χ0v) is 15.7. The van der Waals surface area contributed by atoms with E-state index in [2.05, 4.69) is 10.6 Å². The van der Waals surface area contributed by atoms with Crippen molar-refractivity contribution in [1.82, 2.24) is 0 Å². The van der Waals surface area contributed by atoms with Crippen molar-refractivity contribution in [2.24, 2.45) is 5.92 Å². The van der Waals surface area contributed by atoms with Gasteiger partial charge in [-0.15, -0.1) is 0 Å². The molecule has 0 fully saturated rings. The largest absolute Gasteiger partial charge is 0.447 e. The van der Waals surface area contributed by atoms with E-state index in [0.717, 1.165) is 23.2 Å². The molecule has 2 aromatic rings. The Kier molecular flexibility index (Phi) is 6.78. The smallest absolute Gasteiger partial charge is 0.411 e. The minimum atomic E-state index is -0.452. The Morgan fingerprint density at radius 1 is 0.808 bits per heavy atom. The van der Waals surface area contributed by atoms with Crippen molar-refractivity contribution in [3.8, 4) is 0 Å². The normalized spacial score (nSPS) is 10.7.